The minimum atomic E-state index is -0.309. The average molecular weight is 715 g/mol. The van der Waals surface area contributed by atoms with Crippen molar-refractivity contribution >= 4 is 11.9 Å². The van der Waals surface area contributed by atoms with Crippen LogP contribution in [0.4, 0.5) is 4.79 Å². The molecule has 0 bridgehead atoms. The number of hydrogen-bond donors (Lipinski definition) is 1. The highest BCUT2D eigenvalue weighted by Gasteiger charge is 2.68. The maximum Gasteiger partial charge on any atom is 0.407 e. The molecule has 1 N–H and O–H groups in total. The molecule has 8 aliphatic rings. The van der Waals surface area contributed by atoms with Crippen molar-refractivity contribution in [1.29, 1.82) is 0 Å². The number of alkyl carbamates (subject to hydrolysis) is 1. The standard InChI is InChI=1S/C47H58N2O4/c1-29-23-43-44(42-26-41-38-25-40-37(36(38)18-20-47(41,42)53-43)16-15-30-24-31(50)17-19-46(30,40)2)49(27-29)22-10-4-3-9-21-48-45(51)52-28-39-34-13-7-5-11-32(34)33-12-6-8-14-35(33)39/h5-8,11-15,29,36-37,39-40,42-44H,3-4,9-10,16-28H2,1-2H3,(H,48,51)/t29-,36-,37-,40-,42+,43+,44?,46-,47-/m0/s1. The van der Waals surface area contributed by atoms with Gasteiger partial charge in [0.05, 0.1) is 11.7 Å². The number of carbonyl (C=O) groups is 2. The summed E-state index contributed by atoms with van der Waals surface area (Å²) in [5.74, 6) is 4.10. The van der Waals surface area contributed by atoms with E-state index in [9.17, 15) is 9.59 Å². The maximum atomic E-state index is 12.7. The predicted molar refractivity (Wildman–Crippen MR) is 207 cm³/mol. The number of allylic oxidation sites excluding steroid dienone is 3. The SMILES string of the molecule is C[C@H]1C[C@H]2O[C@@]34CC[C@@H]5C(=C3C[C@@H]4C2N(CCCCCCNC(=O)OCC2c3ccccc3-c3ccccc32)C1)C[C@H]1[C@H]5CC=C2CC(=O)CC[C@@]21C. The van der Waals surface area contributed by atoms with Crippen LogP contribution in [0.1, 0.15) is 114 Å². The van der Waals surface area contributed by atoms with Gasteiger partial charge in [0.1, 0.15) is 12.4 Å². The Morgan fingerprint density at radius 2 is 1.75 bits per heavy atom. The molecule has 3 saturated carbocycles. The first-order valence-corrected chi connectivity index (χ1v) is 21.3. The van der Waals surface area contributed by atoms with E-state index in [4.69, 9.17) is 9.47 Å². The Morgan fingerprint density at radius 3 is 2.57 bits per heavy atom. The Bertz CT molecular complexity index is 1820. The molecule has 2 aliphatic heterocycles. The minimum absolute atomic E-state index is 0.0154. The Morgan fingerprint density at radius 1 is 0.981 bits per heavy atom. The van der Waals surface area contributed by atoms with Gasteiger partial charge in [-0.2, -0.15) is 0 Å². The van der Waals surface area contributed by atoms with Gasteiger partial charge in [0.2, 0.25) is 0 Å². The molecule has 6 heteroatoms. The Balaban J connectivity index is 0.705. The number of amides is 1. The van der Waals surface area contributed by atoms with Gasteiger partial charge in [0.15, 0.2) is 0 Å². The van der Waals surface area contributed by atoms with Crippen molar-refractivity contribution in [3.63, 3.8) is 0 Å². The zero-order valence-electron chi connectivity index (χ0n) is 31.9. The highest BCUT2D eigenvalue weighted by molar-refractivity contribution is 5.83. The van der Waals surface area contributed by atoms with Gasteiger partial charge in [-0.15, -0.1) is 0 Å². The Labute approximate surface area is 316 Å². The highest BCUT2D eigenvalue weighted by Crippen LogP contribution is 2.69. The molecule has 6 aliphatic carbocycles. The smallest absolute Gasteiger partial charge is 0.407 e. The van der Waals surface area contributed by atoms with Crippen LogP contribution in [0.3, 0.4) is 0 Å². The molecule has 2 heterocycles. The quantitative estimate of drug-likeness (QED) is 0.207. The Kier molecular flexibility index (Phi) is 8.55. The third-order valence-electron chi connectivity index (χ3n) is 15.9. The average Bonchev–Trinajstić information content (AvgIpc) is 3.75. The lowest BCUT2D eigenvalue weighted by Gasteiger charge is -2.54. The van der Waals surface area contributed by atoms with Crippen molar-refractivity contribution in [2.75, 3.05) is 26.2 Å². The van der Waals surface area contributed by atoms with E-state index in [1.165, 1.54) is 85.7 Å². The monoisotopic (exact) mass is 714 g/mol. The number of benzene rings is 2. The first-order valence-electron chi connectivity index (χ1n) is 21.3. The first kappa shape index (κ1) is 34.3. The van der Waals surface area contributed by atoms with Gasteiger partial charge in [0, 0.05) is 43.8 Å². The number of rotatable bonds is 9. The van der Waals surface area contributed by atoms with Crippen LogP contribution in [0.2, 0.25) is 0 Å². The summed E-state index contributed by atoms with van der Waals surface area (Å²) in [5, 5.41) is 3.02. The lowest BCUT2D eigenvalue weighted by Crippen LogP contribution is -2.57. The van der Waals surface area contributed by atoms with E-state index in [1.807, 2.05) is 0 Å². The first-order chi connectivity index (χ1) is 25.8. The number of likely N-dealkylation sites (tertiary alicyclic amines) is 1. The van der Waals surface area contributed by atoms with Crippen molar-refractivity contribution in [2.45, 2.75) is 121 Å². The summed E-state index contributed by atoms with van der Waals surface area (Å²) in [7, 11) is 0. The van der Waals surface area contributed by atoms with Crippen LogP contribution < -0.4 is 5.32 Å². The fourth-order valence-corrected chi connectivity index (χ4v) is 13.4. The molecule has 280 valence electrons. The Hall–Kier alpha value is -3.22. The largest absolute Gasteiger partial charge is 0.449 e. The number of fused-ring (bicyclic) bond motifs is 10. The number of unbranched alkanes of at least 4 members (excludes halogenated alkanes) is 3. The van der Waals surface area contributed by atoms with Crippen molar-refractivity contribution in [3.05, 3.63) is 82.5 Å². The molecule has 1 unspecified atom stereocenters. The zero-order valence-corrected chi connectivity index (χ0v) is 31.9. The van der Waals surface area contributed by atoms with Crippen molar-refractivity contribution in [2.24, 2.45) is 35.0 Å². The number of piperidine rings is 1. The fraction of sp³-hybridized carbons (Fsp3) is 0.617. The van der Waals surface area contributed by atoms with E-state index >= 15 is 0 Å². The molecule has 5 fully saturated rings. The van der Waals surface area contributed by atoms with Crippen LogP contribution in [0.15, 0.2) is 71.3 Å². The minimum Gasteiger partial charge on any atom is -0.449 e. The number of nitrogens with one attached hydrogen (secondary N) is 1. The third kappa shape index (κ3) is 5.46. The van der Waals surface area contributed by atoms with E-state index in [1.54, 1.807) is 11.1 Å². The second-order valence-corrected chi connectivity index (χ2v) is 18.6. The third-order valence-corrected chi connectivity index (χ3v) is 15.9. The molecular formula is C47H58N2O4. The van der Waals surface area contributed by atoms with E-state index in [2.05, 4.69) is 78.7 Å². The number of nitrogens with zero attached hydrogens (tertiary/aromatic N) is 1. The summed E-state index contributed by atoms with van der Waals surface area (Å²) in [6.07, 6.45) is 17.0. The molecule has 53 heavy (non-hydrogen) atoms. The highest BCUT2D eigenvalue weighted by atomic mass is 16.5. The topological polar surface area (TPSA) is 67.9 Å². The van der Waals surface area contributed by atoms with Crippen LogP contribution in [-0.4, -0.2) is 60.8 Å². The summed E-state index contributed by atoms with van der Waals surface area (Å²) in [6, 6.07) is 17.5. The molecule has 2 aromatic carbocycles. The van der Waals surface area contributed by atoms with Crippen LogP contribution in [0, 0.1) is 35.0 Å². The molecule has 10 rings (SSSR count). The normalized spacial score (nSPS) is 36.5. The van der Waals surface area contributed by atoms with Gasteiger partial charge in [-0.05, 0) is 121 Å². The molecule has 2 aromatic rings. The lowest BCUT2D eigenvalue weighted by molar-refractivity contribution is -0.121. The molecule has 2 saturated heterocycles. The summed E-state index contributed by atoms with van der Waals surface area (Å²) in [5.41, 5.74) is 10.2. The van der Waals surface area contributed by atoms with Crippen LogP contribution in [0.5, 0.6) is 0 Å². The molecule has 0 aromatic heterocycles. The van der Waals surface area contributed by atoms with Crippen molar-refractivity contribution < 1.29 is 19.1 Å². The van der Waals surface area contributed by atoms with Gasteiger partial charge in [-0.1, -0.05) is 92.4 Å². The van der Waals surface area contributed by atoms with E-state index < -0.39 is 0 Å². The van der Waals surface area contributed by atoms with E-state index in [0.717, 1.165) is 44.1 Å². The zero-order chi connectivity index (χ0) is 35.9. The summed E-state index contributed by atoms with van der Waals surface area (Å²) < 4.78 is 13.1. The number of Topliss-reactive ketones (excluding diaryl/α,β-unsaturated/α-hetero) is 1. The second-order valence-electron chi connectivity index (χ2n) is 18.6. The number of hydrogen-bond acceptors (Lipinski definition) is 5. The number of ketones is 1. The summed E-state index contributed by atoms with van der Waals surface area (Å²) in [4.78, 5) is 27.9. The van der Waals surface area contributed by atoms with Gasteiger partial charge >= 0.3 is 6.09 Å². The maximum absolute atomic E-state index is 12.7. The summed E-state index contributed by atoms with van der Waals surface area (Å²) in [6.45, 7) is 8.32. The second kappa shape index (κ2) is 13.2. The van der Waals surface area contributed by atoms with Crippen LogP contribution in [0.25, 0.3) is 11.1 Å². The molecule has 1 amide bonds. The molecular weight excluding hydrogens is 657 g/mol. The van der Waals surface area contributed by atoms with Crippen LogP contribution >= 0.6 is 0 Å². The molecule has 1 spiro atoms. The lowest BCUT2D eigenvalue weighted by atomic mass is 9.54. The van der Waals surface area contributed by atoms with E-state index in [-0.39, 0.29) is 23.0 Å². The van der Waals surface area contributed by atoms with Crippen LogP contribution in [-0.2, 0) is 14.3 Å². The van der Waals surface area contributed by atoms with Gasteiger partial charge in [-0.3, -0.25) is 9.69 Å². The predicted octanol–water partition coefficient (Wildman–Crippen LogP) is 9.39. The van der Waals surface area contributed by atoms with Gasteiger partial charge < -0.3 is 14.8 Å². The molecule has 0 radical (unpaired) electrons. The number of carbonyl (C=O) groups excluding carboxylic acids is 2. The fourth-order valence-electron chi connectivity index (χ4n) is 13.4. The van der Waals surface area contributed by atoms with Crippen molar-refractivity contribution in [3.8, 4) is 11.1 Å². The van der Waals surface area contributed by atoms with Gasteiger partial charge in [0.25, 0.3) is 0 Å². The molecule has 9 atom stereocenters. The van der Waals surface area contributed by atoms with Crippen molar-refractivity contribution in [1.82, 2.24) is 10.2 Å². The number of ether oxygens (including phenoxy) is 2. The molecule has 6 nitrogen and oxygen atoms in total. The van der Waals surface area contributed by atoms with Gasteiger partial charge in [-0.25, -0.2) is 4.79 Å². The summed E-state index contributed by atoms with van der Waals surface area (Å²) >= 11 is 0. The van der Waals surface area contributed by atoms with E-state index in [0.29, 0.717) is 55.3 Å².